The van der Waals surface area contributed by atoms with E-state index in [2.05, 4.69) is 34.5 Å². The molecular formula is C21H32N2O. The number of benzene rings is 1. The van der Waals surface area contributed by atoms with Crippen molar-refractivity contribution in [2.24, 2.45) is 5.92 Å². The van der Waals surface area contributed by atoms with Gasteiger partial charge in [-0.05, 0) is 49.4 Å². The second-order valence-corrected chi connectivity index (χ2v) is 7.62. The maximum absolute atomic E-state index is 12.0. The van der Waals surface area contributed by atoms with Crippen LogP contribution >= 0.6 is 0 Å². The first-order chi connectivity index (χ1) is 11.8. The maximum Gasteiger partial charge on any atom is 0.220 e. The fraction of sp³-hybridized carbons (Fsp3) is 0.667. The first-order valence-corrected chi connectivity index (χ1v) is 9.86. The Hall–Kier alpha value is -1.35. The quantitative estimate of drug-likeness (QED) is 0.811. The molecule has 1 saturated carbocycles. The summed E-state index contributed by atoms with van der Waals surface area (Å²) < 4.78 is 0. The maximum atomic E-state index is 12.0. The Morgan fingerprint density at radius 2 is 1.62 bits per heavy atom. The molecule has 1 aliphatic heterocycles. The molecule has 0 atom stereocenters. The lowest BCUT2D eigenvalue weighted by atomic mass is 9.86. The first-order valence-electron chi connectivity index (χ1n) is 9.86. The zero-order chi connectivity index (χ0) is 16.6. The van der Waals surface area contributed by atoms with Gasteiger partial charge in [0.25, 0.3) is 0 Å². The van der Waals surface area contributed by atoms with Gasteiger partial charge in [-0.25, -0.2) is 0 Å². The van der Waals surface area contributed by atoms with Gasteiger partial charge in [-0.3, -0.25) is 9.69 Å². The van der Waals surface area contributed by atoms with Crippen LogP contribution in [-0.4, -0.2) is 23.9 Å². The standard InChI is InChI=1S/C21H32N2O/c24-21(13-12-18-6-2-1-3-7-18)22-16-19-8-10-20(11-9-19)17-23-14-4-5-15-23/h8-11,18H,1-7,12-17H2,(H,22,24). The molecule has 0 bridgehead atoms. The lowest BCUT2D eigenvalue weighted by Crippen LogP contribution is -2.23. The number of likely N-dealkylation sites (tertiary alicyclic amines) is 1. The van der Waals surface area contributed by atoms with E-state index in [0.29, 0.717) is 13.0 Å². The van der Waals surface area contributed by atoms with Crippen LogP contribution in [0.5, 0.6) is 0 Å². The summed E-state index contributed by atoms with van der Waals surface area (Å²) in [4.78, 5) is 14.6. The molecule has 3 heteroatoms. The van der Waals surface area contributed by atoms with Crippen molar-refractivity contribution in [3.63, 3.8) is 0 Å². The number of amides is 1. The van der Waals surface area contributed by atoms with Crippen LogP contribution < -0.4 is 5.32 Å². The third kappa shape index (κ3) is 5.62. The van der Waals surface area contributed by atoms with Crippen molar-refractivity contribution in [1.82, 2.24) is 10.2 Å². The fourth-order valence-electron chi connectivity index (χ4n) is 4.06. The van der Waals surface area contributed by atoms with E-state index in [1.54, 1.807) is 0 Å². The normalized spacial score (nSPS) is 19.5. The van der Waals surface area contributed by atoms with Crippen LogP contribution in [0.2, 0.25) is 0 Å². The Bertz CT molecular complexity index is 499. The van der Waals surface area contributed by atoms with Gasteiger partial charge < -0.3 is 5.32 Å². The lowest BCUT2D eigenvalue weighted by molar-refractivity contribution is -0.121. The molecule has 1 aromatic rings. The minimum Gasteiger partial charge on any atom is -0.352 e. The van der Waals surface area contributed by atoms with Gasteiger partial charge in [0.2, 0.25) is 5.91 Å². The van der Waals surface area contributed by atoms with Crippen molar-refractivity contribution in [1.29, 1.82) is 0 Å². The van der Waals surface area contributed by atoms with Crippen molar-refractivity contribution >= 4 is 5.91 Å². The van der Waals surface area contributed by atoms with Gasteiger partial charge in [-0.15, -0.1) is 0 Å². The van der Waals surface area contributed by atoms with Crippen LogP contribution in [0.3, 0.4) is 0 Å². The third-order valence-corrected chi connectivity index (χ3v) is 5.62. The van der Waals surface area contributed by atoms with Crippen LogP contribution in [0.4, 0.5) is 0 Å². The average Bonchev–Trinajstić information content (AvgIpc) is 3.13. The molecule has 0 aromatic heterocycles. The lowest BCUT2D eigenvalue weighted by Gasteiger charge is -2.21. The molecule has 1 saturated heterocycles. The first kappa shape index (κ1) is 17.5. The number of hydrogen-bond donors (Lipinski definition) is 1. The predicted octanol–water partition coefficient (Wildman–Crippen LogP) is 4.26. The Labute approximate surface area is 146 Å². The molecule has 0 unspecified atom stereocenters. The molecule has 0 radical (unpaired) electrons. The molecule has 1 aromatic carbocycles. The Kier molecular flexibility index (Phi) is 6.71. The summed E-state index contributed by atoms with van der Waals surface area (Å²) in [6.07, 6.45) is 11.2. The molecule has 1 amide bonds. The predicted molar refractivity (Wildman–Crippen MR) is 98.6 cm³/mol. The summed E-state index contributed by atoms with van der Waals surface area (Å²) in [6.45, 7) is 4.19. The summed E-state index contributed by atoms with van der Waals surface area (Å²) in [5, 5.41) is 3.08. The highest BCUT2D eigenvalue weighted by Crippen LogP contribution is 2.27. The van der Waals surface area contributed by atoms with E-state index in [1.807, 2.05) is 0 Å². The molecule has 2 fully saturated rings. The highest BCUT2D eigenvalue weighted by atomic mass is 16.1. The van der Waals surface area contributed by atoms with Crippen LogP contribution in [0.1, 0.15) is 68.9 Å². The number of hydrogen-bond acceptors (Lipinski definition) is 2. The molecule has 3 rings (SSSR count). The van der Waals surface area contributed by atoms with Crippen molar-refractivity contribution < 1.29 is 4.79 Å². The van der Waals surface area contributed by atoms with E-state index in [4.69, 9.17) is 0 Å². The minimum absolute atomic E-state index is 0.210. The Morgan fingerprint density at radius 1 is 0.958 bits per heavy atom. The second kappa shape index (κ2) is 9.22. The second-order valence-electron chi connectivity index (χ2n) is 7.62. The Morgan fingerprint density at radius 3 is 2.33 bits per heavy atom. The zero-order valence-corrected chi connectivity index (χ0v) is 14.9. The van der Waals surface area contributed by atoms with Gasteiger partial charge >= 0.3 is 0 Å². The van der Waals surface area contributed by atoms with E-state index >= 15 is 0 Å². The molecular weight excluding hydrogens is 296 g/mol. The largest absolute Gasteiger partial charge is 0.352 e. The van der Waals surface area contributed by atoms with Crippen LogP contribution in [0.25, 0.3) is 0 Å². The highest BCUT2D eigenvalue weighted by Gasteiger charge is 2.15. The molecule has 24 heavy (non-hydrogen) atoms. The Balaban J connectivity index is 1.35. The number of nitrogens with one attached hydrogen (secondary N) is 1. The molecule has 132 valence electrons. The summed E-state index contributed by atoms with van der Waals surface area (Å²) in [6, 6.07) is 8.74. The fourth-order valence-corrected chi connectivity index (χ4v) is 4.06. The van der Waals surface area contributed by atoms with Crippen LogP contribution in [-0.2, 0) is 17.9 Å². The number of carbonyl (C=O) groups is 1. The molecule has 1 heterocycles. The van der Waals surface area contributed by atoms with E-state index in [9.17, 15) is 4.79 Å². The van der Waals surface area contributed by atoms with Crippen LogP contribution in [0, 0.1) is 5.92 Å². The third-order valence-electron chi connectivity index (χ3n) is 5.62. The van der Waals surface area contributed by atoms with E-state index in [0.717, 1.165) is 18.9 Å². The molecule has 2 aliphatic rings. The van der Waals surface area contributed by atoms with Crippen molar-refractivity contribution in [2.75, 3.05) is 13.1 Å². The monoisotopic (exact) mass is 328 g/mol. The van der Waals surface area contributed by atoms with Gasteiger partial charge in [-0.1, -0.05) is 56.4 Å². The minimum atomic E-state index is 0.210. The van der Waals surface area contributed by atoms with Crippen molar-refractivity contribution in [2.45, 2.75) is 70.9 Å². The van der Waals surface area contributed by atoms with E-state index in [-0.39, 0.29) is 5.91 Å². The highest BCUT2D eigenvalue weighted by molar-refractivity contribution is 5.75. The number of rotatable bonds is 7. The van der Waals surface area contributed by atoms with Crippen LogP contribution in [0.15, 0.2) is 24.3 Å². The number of nitrogens with zero attached hydrogens (tertiary/aromatic N) is 1. The summed E-state index contributed by atoms with van der Waals surface area (Å²) in [5.74, 6) is 0.996. The molecule has 0 spiro atoms. The molecule has 3 nitrogen and oxygen atoms in total. The summed E-state index contributed by atoms with van der Waals surface area (Å²) in [5.41, 5.74) is 2.58. The van der Waals surface area contributed by atoms with Gasteiger partial charge in [-0.2, -0.15) is 0 Å². The smallest absolute Gasteiger partial charge is 0.220 e. The van der Waals surface area contributed by atoms with Gasteiger partial charge in [0.1, 0.15) is 0 Å². The molecule has 1 aliphatic carbocycles. The average molecular weight is 329 g/mol. The van der Waals surface area contributed by atoms with E-state index < -0.39 is 0 Å². The van der Waals surface area contributed by atoms with E-state index in [1.165, 1.54) is 69.2 Å². The topological polar surface area (TPSA) is 32.3 Å². The number of carbonyl (C=O) groups excluding carboxylic acids is 1. The van der Waals surface area contributed by atoms with Crippen molar-refractivity contribution in [3.05, 3.63) is 35.4 Å². The van der Waals surface area contributed by atoms with Gasteiger partial charge in [0.15, 0.2) is 0 Å². The van der Waals surface area contributed by atoms with Gasteiger partial charge in [0.05, 0.1) is 0 Å². The van der Waals surface area contributed by atoms with Gasteiger partial charge in [0, 0.05) is 19.5 Å². The molecule has 1 N–H and O–H groups in total. The SMILES string of the molecule is O=C(CCC1CCCCC1)NCc1ccc(CN2CCCC2)cc1. The summed E-state index contributed by atoms with van der Waals surface area (Å²) >= 11 is 0. The summed E-state index contributed by atoms with van der Waals surface area (Å²) in [7, 11) is 0. The zero-order valence-electron chi connectivity index (χ0n) is 14.9. The van der Waals surface area contributed by atoms with Crippen molar-refractivity contribution in [3.8, 4) is 0 Å².